The molecule has 0 bridgehead atoms. The van der Waals surface area contributed by atoms with Gasteiger partial charge in [-0.2, -0.15) is 0 Å². The van der Waals surface area contributed by atoms with Crippen LogP contribution in [-0.2, 0) is 6.54 Å². The Kier molecular flexibility index (Phi) is 4.53. The van der Waals surface area contributed by atoms with Gasteiger partial charge in [-0.05, 0) is 55.6 Å². The molecule has 5 heteroatoms. The first-order valence-electron chi connectivity index (χ1n) is 10.2. The van der Waals surface area contributed by atoms with E-state index in [0.717, 1.165) is 31.0 Å². The minimum Gasteiger partial charge on any atom is -0.373 e. The van der Waals surface area contributed by atoms with Gasteiger partial charge in [-0.1, -0.05) is 30.3 Å². The number of anilines is 2. The molecular weight excluding hydrogens is 346 g/mol. The van der Waals surface area contributed by atoms with E-state index in [9.17, 15) is 0 Å². The number of hydrogen-bond donors (Lipinski definition) is 1. The molecule has 4 heterocycles. The number of hydrogen-bond acceptors (Lipinski definition) is 4. The number of benzene rings is 1. The van der Waals surface area contributed by atoms with Crippen LogP contribution in [0.25, 0.3) is 0 Å². The maximum Gasteiger partial charge on any atom is 0.0837 e. The van der Waals surface area contributed by atoms with E-state index >= 15 is 0 Å². The topological polar surface area (TPSA) is 36.3 Å². The summed E-state index contributed by atoms with van der Waals surface area (Å²) >= 11 is 0. The van der Waals surface area contributed by atoms with Crippen LogP contribution in [0.4, 0.5) is 11.4 Å². The van der Waals surface area contributed by atoms with Crippen LogP contribution in [0.2, 0.25) is 0 Å². The third kappa shape index (κ3) is 3.16. The molecule has 3 aromatic rings. The number of rotatable bonds is 3. The molecule has 5 rings (SSSR count). The molecule has 0 aliphatic carbocycles. The molecule has 1 N–H and O–H groups in total. The Morgan fingerprint density at radius 1 is 1.04 bits per heavy atom. The first-order valence-corrected chi connectivity index (χ1v) is 10.2. The van der Waals surface area contributed by atoms with E-state index in [1.807, 2.05) is 12.4 Å². The van der Waals surface area contributed by atoms with E-state index in [1.165, 1.54) is 24.1 Å². The standard InChI is InChI=1S/C23H27N5/c1-26-21-9-12-24-16-20(21)25-23(22-8-5-13-28(22)26)19-10-14-27(15-11-19)17-18-6-3-2-4-7-18/h2-9,12-13,16,19,23,25H,10-11,14-15,17H2,1H3. The summed E-state index contributed by atoms with van der Waals surface area (Å²) in [5.41, 5.74) is 5.02. The van der Waals surface area contributed by atoms with Crippen molar-refractivity contribution in [1.82, 2.24) is 14.6 Å². The largest absolute Gasteiger partial charge is 0.373 e. The lowest BCUT2D eigenvalue weighted by Gasteiger charge is -2.36. The number of aromatic nitrogens is 2. The first-order chi connectivity index (χ1) is 13.8. The van der Waals surface area contributed by atoms with E-state index < -0.39 is 0 Å². The summed E-state index contributed by atoms with van der Waals surface area (Å²) in [6, 6.07) is 17.6. The van der Waals surface area contributed by atoms with Gasteiger partial charge in [-0.25, -0.2) is 0 Å². The Hall–Kier alpha value is -2.79. The minimum absolute atomic E-state index is 0.307. The number of nitrogens with zero attached hydrogens (tertiary/aromatic N) is 4. The van der Waals surface area contributed by atoms with Gasteiger partial charge in [0.2, 0.25) is 0 Å². The zero-order chi connectivity index (χ0) is 18.9. The molecule has 0 saturated carbocycles. The molecule has 2 aromatic heterocycles. The fraction of sp³-hybridized carbons (Fsp3) is 0.348. The second-order valence-electron chi connectivity index (χ2n) is 7.92. The van der Waals surface area contributed by atoms with Gasteiger partial charge < -0.3 is 5.32 Å². The Labute approximate surface area is 166 Å². The van der Waals surface area contributed by atoms with Gasteiger partial charge >= 0.3 is 0 Å². The smallest absolute Gasteiger partial charge is 0.0837 e. The SMILES string of the molecule is CN1c2ccncc2NC(C2CCN(Cc3ccccc3)CC2)c2cccn21. The predicted molar refractivity (Wildman–Crippen MR) is 113 cm³/mol. The Morgan fingerprint density at radius 3 is 2.68 bits per heavy atom. The summed E-state index contributed by atoms with van der Waals surface area (Å²) in [5, 5.41) is 6.04. The minimum atomic E-state index is 0.307. The van der Waals surface area contributed by atoms with Gasteiger partial charge in [0, 0.05) is 26.0 Å². The normalized spacial score (nSPS) is 20.2. The quantitative estimate of drug-likeness (QED) is 0.748. The van der Waals surface area contributed by atoms with Crippen LogP contribution in [0.15, 0.2) is 67.1 Å². The fourth-order valence-corrected chi connectivity index (χ4v) is 4.69. The summed E-state index contributed by atoms with van der Waals surface area (Å²) < 4.78 is 2.28. The molecule has 144 valence electrons. The van der Waals surface area contributed by atoms with Crippen LogP contribution < -0.4 is 10.3 Å². The van der Waals surface area contributed by atoms with E-state index in [2.05, 4.69) is 86.7 Å². The van der Waals surface area contributed by atoms with E-state index in [1.54, 1.807) is 0 Å². The number of fused-ring (bicyclic) bond motifs is 2. The van der Waals surface area contributed by atoms with Crippen molar-refractivity contribution in [2.75, 3.05) is 30.5 Å². The summed E-state index contributed by atoms with van der Waals surface area (Å²) in [5.74, 6) is 0.611. The summed E-state index contributed by atoms with van der Waals surface area (Å²) in [6.45, 7) is 3.35. The lowest BCUT2D eigenvalue weighted by molar-refractivity contribution is 0.165. The van der Waals surface area contributed by atoms with Crippen molar-refractivity contribution < 1.29 is 0 Å². The molecule has 0 spiro atoms. The first kappa shape index (κ1) is 17.3. The van der Waals surface area contributed by atoms with Crippen molar-refractivity contribution in [2.45, 2.75) is 25.4 Å². The van der Waals surface area contributed by atoms with Gasteiger partial charge in [-0.3, -0.25) is 19.6 Å². The maximum atomic E-state index is 4.35. The molecule has 0 amide bonds. The molecule has 1 aromatic carbocycles. The number of nitrogens with one attached hydrogen (secondary N) is 1. The average molecular weight is 374 g/mol. The lowest BCUT2D eigenvalue weighted by atomic mass is 9.87. The summed E-state index contributed by atoms with van der Waals surface area (Å²) in [4.78, 5) is 6.94. The van der Waals surface area contributed by atoms with Crippen molar-refractivity contribution in [3.8, 4) is 0 Å². The lowest BCUT2D eigenvalue weighted by Crippen LogP contribution is -2.37. The second-order valence-corrected chi connectivity index (χ2v) is 7.92. The Balaban J connectivity index is 1.35. The van der Waals surface area contributed by atoms with Crippen LogP contribution in [0.5, 0.6) is 0 Å². The van der Waals surface area contributed by atoms with Crippen LogP contribution in [0.1, 0.15) is 30.1 Å². The average Bonchev–Trinajstić information content (AvgIpc) is 3.19. The van der Waals surface area contributed by atoms with Crippen molar-refractivity contribution in [1.29, 1.82) is 0 Å². The molecule has 0 radical (unpaired) electrons. The Bertz CT molecular complexity index is 927. The third-order valence-electron chi connectivity index (χ3n) is 6.21. The maximum absolute atomic E-state index is 4.35. The van der Waals surface area contributed by atoms with Crippen LogP contribution >= 0.6 is 0 Å². The molecule has 1 atom stereocenters. The van der Waals surface area contributed by atoms with E-state index in [-0.39, 0.29) is 0 Å². The van der Waals surface area contributed by atoms with Crippen LogP contribution in [0, 0.1) is 5.92 Å². The van der Waals surface area contributed by atoms with Crippen molar-refractivity contribution in [2.24, 2.45) is 5.92 Å². The number of pyridine rings is 1. The monoisotopic (exact) mass is 373 g/mol. The number of likely N-dealkylation sites (tertiary alicyclic amines) is 1. The van der Waals surface area contributed by atoms with Gasteiger partial charge in [0.1, 0.15) is 0 Å². The van der Waals surface area contributed by atoms with Crippen LogP contribution in [0.3, 0.4) is 0 Å². The highest BCUT2D eigenvalue weighted by Crippen LogP contribution is 2.39. The molecule has 28 heavy (non-hydrogen) atoms. The molecule has 1 unspecified atom stereocenters. The molecule has 5 nitrogen and oxygen atoms in total. The van der Waals surface area contributed by atoms with Crippen molar-refractivity contribution in [3.05, 3.63) is 78.4 Å². The highest BCUT2D eigenvalue weighted by atomic mass is 15.5. The van der Waals surface area contributed by atoms with Gasteiger partial charge in [0.05, 0.1) is 29.3 Å². The van der Waals surface area contributed by atoms with Crippen LogP contribution in [-0.4, -0.2) is 34.7 Å². The highest BCUT2D eigenvalue weighted by Gasteiger charge is 2.32. The highest BCUT2D eigenvalue weighted by molar-refractivity contribution is 5.70. The molecular formula is C23H27N5. The molecule has 2 aliphatic rings. The van der Waals surface area contributed by atoms with Crippen molar-refractivity contribution >= 4 is 11.4 Å². The Morgan fingerprint density at radius 2 is 1.86 bits per heavy atom. The fourth-order valence-electron chi connectivity index (χ4n) is 4.69. The zero-order valence-electron chi connectivity index (χ0n) is 16.3. The molecule has 2 aliphatic heterocycles. The summed E-state index contributed by atoms with van der Waals surface area (Å²) in [6.07, 6.45) is 8.38. The third-order valence-corrected chi connectivity index (χ3v) is 6.21. The number of piperidine rings is 1. The molecule has 1 fully saturated rings. The van der Waals surface area contributed by atoms with Gasteiger partial charge in [0.25, 0.3) is 0 Å². The predicted octanol–water partition coefficient (Wildman–Crippen LogP) is 4.16. The second kappa shape index (κ2) is 7.32. The van der Waals surface area contributed by atoms with Crippen molar-refractivity contribution in [3.63, 3.8) is 0 Å². The van der Waals surface area contributed by atoms with Gasteiger partial charge in [0.15, 0.2) is 0 Å². The van der Waals surface area contributed by atoms with E-state index in [4.69, 9.17) is 0 Å². The zero-order valence-corrected chi connectivity index (χ0v) is 16.3. The van der Waals surface area contributed by atoms with E-state index in [0.29, 0.717) is 12.0 Å². The summed E-state index contributed by atoms with van der Waals surface area (Å²) in [7, 11) is 2.12. The van der Waals surface area contributed by atoms with Gasteiger partial charge in [-0.15, -0.1) is 0 Å². The molecule has 1 saturated heterocycles.